The number of carbonyl (C=O) groups excluding carboxylic acids is 3. The summed E-state index contributed by atoms with van der Waals surface area (Å²) in [6.45, 7) is 1.44. The van der Waals surface area contributed by atoms with Gasteiger partial charge in [-0.25, -0.2) is 0 Å². The van der Waals surface area contributed by atoms with Crippen LogP contribution in [-0.4, -0.2) is 33.8 Å². The van der Waals surface area contributed by atoms with E-state index in [-0.39, 0.29) is 5.11 Å². The lowest BCUT2D eigenvalue weighted by molar-refractivity contribution is -0.123. The van der Waals surface area contributed by atoms with Crippen LogP contribution >= 0.6 is 12.2 Å². The number of carbonyl (C=O) groups is 3. The molecule has 0 unspecified atom stereocenters. The molecule has 0 saturated heterocycles. The van der Waals surface area contributed by atoms with Crippen LogP contribution in [0.3, 0.4) is 0 Å². The van der Waals surface area contributed by atoms with Crippen molar-refractivity contribution in [3.63, 3.8) is 0 Å². The van der Waals surface area contributed by atoms with Crippen molar-refractivity contribution in [1.82, 2.24) is 10.2 Å². The van der Waals surface area contributed by atoms with Crippen LogP contribution in [0.15, 0.2) is 24.3 Å². The molecule has 0 aromatic heterocycles. The molecule has 0 radical (unpaired) electrons. The summed E-state index contributed by atoms with van der Waals surface area (Å²) in [5.74, 6) is -1.58. The van der Waals surface area contributed by atoms with Gasteiger partial charge in [0.25, 0.3) is 11.8 Å². The molecule has 3 amide bonds. The van der Waals surface area contributed by atoms with Gasteiger partial charge in [-0.1, -0.05) is 12.1 Å². The lowest BCUT2D eigenvalue weighted by Gasteiger charge is -2.21. The third kappa shape index (κ3) is 2.19. The molecule has 1 aliphatic rings. The summed E-state index contributed by atoms with van der Waals surface area (Å²) in [6, 6.07) is 5.44. The van der Waals surface area contributed by atoms with Gasteiger partial charge in [-0.15, -0.1) is 0 Å². The zero-order valence-corrected chi connectivity index (χ0v) is 10.9. The van der Waals surface area contributed by atoms with Gasteiger partial charge in [0.2, 0.25) is 5.91 Å². The van der Waals surface area contributed by atoms with Crippen LogP contribution in [0.1, 0.15) is 27.6 Å². The maximum atomic E-state index is 12.1. The number of hydrogen-bond acceptors (Lipinski definition) is 4. The van der Waals surface area contributed by atoms with E-state index in [4.69, 9.17) is 5.73 Å². The Bertz CT molecular complexity index is 565. The van der Waals surface area contributed by atoms with Crippen molar-refractivity contribution in [3.8, 4) is 0 Å². The van der Waals surface area contributed by atoms with Crippen molar-refractivity contribution >= 4 is 35.1 Å². The lowest BCUT2D eigenvalue weighted by Crippen LogP contribution is -2.50. The molecule has 1 atom stereocenters. The number of nitrogens with zero attached hydrogens (tertiary/aromatic N) is 1. The van der Waals surface area contributed by atoms with Crippen LogP contribution in [0.5, 0.6) is 0 Å². The third-order valence-electron chi connectivity index (χ3n) is 2.84. The van der Waals surface area contributed by atoms with Crippen LogP contribution < -0.4 is 11.1 Å². The van der Waals surface area contributed by atoms with Crippen molar-refractivity contribution in [3.05, 3.63) is 35.4 Å². The second kappa shape index (κ2) is 4.77. The van der Waals surface area contributed by atoms with E-state index < -0.39 is 23.8 Å². The maximum Gasteiger partial charge on any atom is 0.262 e. The zero-order valence-electron chi connectivity index (χ0n) is 10.0. The summed E-state index contributed by atoms with van der Waals surface area (Å²) in [5, 5.41) is 2.01. The summed E-state index contributed by atoms with van der Waals surface area (Å²) in [7, 11) is 0. The first kappa shape index (κ1) is 13.2. The lowest BCUT2D eigenvalue weighted by atomic mass is 10.1. The second-order valence-corrected chi connectivity index (χ2v) is 4.50. The average molecular weight is 277 g/mol. The first-order valence-corrected chi connectivity index (χ1v) is 5.91. The standard InChI is InChI=1S/C12H11N3O3S/c1-6(9(16)14-12(13)19)15-10(17)7-4-2-3-5-8(7)11(15)18/h2-6H,1H3,(H3,13,14,16,19)/t6-/m1/s1. The van der Waals surface area contributed by atoms with Crippen molar-refractivity contribution in [1.29, 1.82) is 0 Å². The largest absolute Gasteiger partial charge is 0.376 e. The fraction of sp³-hybridized carbons (Fsp3) is 0.167. The smallest absolute Gasteiger partial charge is 0.262 e. The number of nitrogens with one attached hydrogen (secondary N) is 1. The van der Waals surface area contributed by atoms with E-state index in [0.717, 1.165) is 4.90 Å². The molecule has 0 spiro atoms. The molecule has 1 aliphatic heterocycles. The molecular weight excluding hydrogens is 266 g/mol. The van der Waals surface area contributed by atoms with Crippen LogP contribution in [0.2, 0.25) is 0 Å². The molecule has 0 fully saturated rings. The summed E-state index contributed by atoms with van der Waals surface area (Å²) < 4.78 is 0. The number of hydrogen-bond donors (Lipinski definition) is 2. The Morgan fingerprint density at radius 2 is 1.74 bits per heavy atom. The summed E-state index contributed by atoms with van der Waals surface area (Å²) in [5.41, 5.74) is 5.78. The highest BCUT2D eigenvalue weighted by Crippen LogP contribution is 2.24. The van der Waals surface area contributed by atoms with Crippen LogP contribution in [0.4, 0.5) is 0 Å². The molecule has 0 saturated carbocycles. The van der Waals surface area contributed by atoms with Gasteiger partial charge in [0, 0.05) is 0 Å². The van der Waals surface area contributed by atoms with Crippen molar-refractivity contribution < 1.29 is 14.4 Å². The molecule has 7 heteroatoms. The highest BCUT2D eigenvalue weighted by Gasteiger charge is 2.40. The third-order valence-corrected chi connectivity index (χ3v) is 2.94. The molecule has 19 heavy (non-hydrogen) atoms. The monoisotopic (exact) mass is 277 g/mol. The zero-order chi connectivity index (χ0) is 14.2. The Morgan fingerprint density at radius 3 is 2.16 bits per heavy atom. The first-order valence-electron chi connectivity index (χ1n) is 5.50. The Labute approximate surface area is 114 Å². The van der Waals surface area contributed by atoms with E-state index in [1.54, 1.807) is 24.3 Å². The van der Waals surface area contributed by atoms with Gasteiger partial charge in [-0.2, -0.15) is 0 Å². The highest BCUT2D eigenvalue weighted by molar-refractivity contribution is 7.80. The summed E-state index contributed by atoms with van der Waals surface area (Å²) >= 11 is 4.55. The predicted octanol–water partition coefficient (Wildman–Crippen LogP) is 0.0309. The molecule has 2 rings (SSSR count). The van der Waals surface area contributed by atoms with Gasteiger partial charge in [-0.05, 0) is 31.3 Å². The number of benzene rings is 1. The minimum Gasteiger partial charge on any atom is -0.376 e. The van der Waals surface area contributed by atoms with E-state index in [9.17, 15) is 14.4 Å². The van der Waals surface area contributed by atoms with Crippen molar-refractivity contribution in [2.24, 2.45) is 5.73 Å². The average Bonchev–Trinajstić information content (AvgIpc) is 2.61. The number of thiocarbonyl (C=S) groups is 1. The minimum atomic E-state index is -0.978. The van der Waals surface area contributed by atoms with E-state index in [2.05, 4.69) is 17.5 Å². The van der Waals surface area contributed by atoms with Gasteiger partial charge in [0.1, 0.15) is 6.04 Å². The van der Waals surface area contributed by atoms with Gasteiger partial charge < -0.3 is 11.1 Å². The van der Waals surface area contributed by atoms with E-state index >= 15 is 0 Å². The van der Waals surface area contributed by atoms with Gasteiger partial charge in [0.05, 0.1) is 11.1 Å². The molecule has 6 nitrogen and oxygen atoms in total. The van der Waals surface area contributed by atoms with E-state index in [0.29, 0.717) is 11.1 Å². The van der Waals surface area contributed by atoms with Crippen LogP contribution in [0, 0.1) is 0 Å². The fourth-order valence-corrected chi connectivity index (χ4v) is 2.00. The SMILES string of the molecule is C[C@H](C(=O)NC(N)=S)N1C(=O)c2ccccc2C1=O. The van der Waals surface area contributed by atoms with Crippen molar-refractivity contribution in [2.45, 2.75) is 13.0 Å². The van der Waals surface area contributed by atoms with Gasteiger partial charge >= 0.3 is 0 Å². The number of imide groups is 1. The molecule has 0 bridgehead atoms. The number of nitrogens with two attached hydrogens (primary N) is 1. The van der Waals surface area contributed by atoms with Gasteiger partial charge in [-0.3, -0.25) is 19.3 Å². The van der Waals surface area contributed by atoms with Crippen LogP contribution in [-0.2, 0) is 4.79 Å². The topological polar surface area (TPSA) is 92.5 Å². The number of rotatable bonds is 2. The molecule has 1 aromatic carbocycles. The Hall–Kier alpha value is -2.28. The molecule has 3 N–H and O–H groups in total. The van der Waals surface area contributed by atoms with Crippen LogP contribution in [0.25, 0.3) is 0 Å². The Balaban J connectivity index is 2.29. The summed E-state index contributed by atoms with van der Waals surface area (Å²) in [4.78, 5) is 36.9. The predicted molar refractivity (Wildman–Crippen MR) is 71.3 cm³/mol. The molecule has 98 valence electrons. The maximum absolute atomic E-state index is 12.1. The molecular formula is C12H11N3O3S. The van der Waals surface area contributed by atoms with Gasteiger partial charge in [0.15, 0.2) is 5.11 Å². The number of amides is 3. The molecule has 1 heterocycles. The van der Waals surface area contributed by atoms with Crippen molar-refractivity contribution in [2.75, 3.05) is 0 Å². The first-order chi connectivity index (χ1) is 8.93. The second-order valence-electron chi connectivity index (χ2n) is 4.06. The van der Waals surface area contributed by atoms with E-state index in [1.807, 2.05) is 0 Å². The quantitative estimate of drug-likeness (QED) is 0.588. The number of fused-ring (bicyclic) bond motifs is 1. The fourth-order valence-electron chi connectivity index (χ4n) is 1.90. The Morgan fingerprint density at radius 1 is 1.26 bits per heavy atom. The normalized spacial score (nSPS) is 15.1. The molecule has 1 aromatic rings. The molecule has 0 aliphatic carbocycles. The van der Waals surface area contributed by atoms with E-state index in [1.165, 1.54) is 6.92 Å². The Kier molecular flexibility index (Phi) is 3.30. The summed E-state index contributed by atoms with van der Waals surface area (Å²) in [6.07, 6.45) is 0. The highest BCUT2D eigenvalue weighted by atomic mass is 32.1. The minimum absolute atomic E-state index is 0.201.